The topological polar surface area (TPSA) is 76.3 Å². The van der Waals surface area contributed by atoms with Gasteiger partial charge in [0.15, 0.2) is 0 Å². The van der Waals surface area contributed by atoms with Gasteiger partial charge >= 0.3 is 0 Å². The van der Waals surface area contributed by atoms with Gasteiger partial charge in [-0.05, 0) is 26.6 Å². The second-order valence-corrected chi connectivity index (χ2v) is 5.55. The van der Waals surface area contributed by atoms with Crippen molar-refractivity contribution in [2.45, 2.75) is 13.3 Å². The number of thiophene rings is 1. The van der Waals surface area contributed by atoms with Crippen molar-refractivity contribution in [2.75, 3.05) is 32.7 Å². The van der Waals surface area contributed by atoms with Gasteiger partial charge in [-0.1, -0.05) is 6.92 Å². The summed E-state index contributed by atoms with van der Waals surface area (Å²) in [6, 6.07) is 2.09. The molecule has 7 heteroatoms. The van der Waals surface area contributed by atoms with Crippen LogP contribution in [0.1, 0.15) is 11.8 Å². The molecular formula is C12H19N5OS. The summed E-state index contributed by atoms with van der Waals surface area (Å²) in [7, 11) is 4.01. The molecule has 0 amide bonds. The van der Waals surface area contributed by atoms with E-state index in [0.29, 0.717) is 18.4 Å². The maximum atomic E-state index is 5.75. The van der Waals surface area contributed by atoms with Crippen molar-refractivity contribution >= 4 is 27.5 Å². The highest BCUT2D eigenvalue weighted by Crippen LogP contribution is 2.31. The van der Waals surface area contributed by atoms with Crippen molar-refractivity contribution < 1.29 is 4.74 Å². The lowest BCUT2D eigenvalue weighted by Gasteiger charge is -2.11. The number of nitrogens with one attached hydrogen (secondary N) is 1. The summed E-state index contributed by atoms with van der Waals surface area (Å²) in [5, 5.41) is 0.958. The molecule has 0 aromatic carbocycles. The molecule has 0 saturated carbocycles. The predicted molar refractivity (Wildman–Crippen MR) is 78.7 cm³/mol. The molecule has 0 aliphatic rings. The quantitative estimate of drug-likeness (QED) is 0.617. The third kappa shape index (κ3) is 3.31. The van der Waals surface area contributed by atoms with Gasteiger partial charge in [-0.25, -0.2) is 10.8 Å². The van der Waals surface area contributed by atoms with Gasteiger partial charge in [0, 0.05) is 11.4 Å². The molecule has 2 aromatic rings. The number of fused-ring (bicyclic) bond motifs is 1. The number of nitrogens with two attached hydrogens (primary N) is 1. The number of likely N-dealkylation sites (N-methyl/N-ethyl adjacent to an activating group) is 1. The Morgan fingerprint density at radius 1 is 1.42 bits per heavy atom. The number of aryl methyl sites for hydroxylation is 1. The van der Waals surface area contributed by atoms with Gasteiger partial charge in [0.05, 0.1) is 5.39 Å². The molecule has 0 aliphatic carbocycles. The Bertz CT molecular complexity index is 554. The SMILES string of the molecule is CCc1cc2c(OCCN(C)C)nc(NN)nc2s1. The van der Waals surface area contributed by atoms with Crippen molar-refractivity contribution in [3.8, 4) is 5.88 Å². The normalized spacial score (nSPS) is 11.2. The molecule has 2 heterocycles. The first kappa shape index (κ1) is 14.0. The van der Waals surface area contributed by atoms with E-state index in [1.807, 2.05) is 14.1 Å². The third-order valence-electron chi connectivity index (χ3n) is 2.66. The second kappa shape index (κ2) is 6.14. The number of anilines is 1. The molecule has 19 heavy (non-hydrogen) atoms. The maximum absolute atomic E-state index is 5.75. The zero-order valence-corrected chi connectivity index (χ0v) is 12.3. The van der Waals surface area contributed by atoms with Gasteiger partial charge < -0.3 is 9.64 Å². The van der Waals surface area contributed by atoms with Crippen LogP contribution in [0.25, 0.3) is 10.2 Å². The molecule has 0 unspecified atom stereocenters. The lowest BCUT2D eigenvalue weighted by molar-refractivity contribution is 0.256. The molecule has 0 spiro atoms. The Balaban J connectivity index is 2.30. The molecule has 0 fully saturated rings. The van der Waals surface area contributed by atoms with E-state index in [4.69, 9.17) is 10.6 Å². The summed E-state index contributed by atoms with van der Waals surface area (Å²) >= 11 is 1.64. The zero-order chi connectivity index (χ0) is 13.8. The number of hydrogen-bond donors (Lipinski definition) is 2. The van der Waals surface area contributed by atoms with Crippen LogP contribution in [0.5, 0.6) is 5.88 Å². The monoisotopic (exact) mass is 281 g/mol. The number of rotatable bonds is 6. The smallest absolute Gasteiger partial charge is 0.241 e. The molecule has 0 aliphatic heterocycles. The summed E-state index contributed by atoms with van der Waals surface area (Å²) in [5.41, 5.74) is 2.48. The summed E-state index contributed by atoms with van der Waals surface area (Å²) in [4.78, 5) is 12.9. The Morgan fingerprint density at radius 3 is 2.84 bits per heavy atom. The minimum absolute atomic E-state index is 0.386. The van der Waals surface area contributed by atoms with Crippen LogP contribution in [0.2, 0.25) is 0 Å². The van der Waals surface area contributed by atoms with Crippen molar-refractivity contribution in [1.29, 1.82) is 0 Å². The number of aromatic nitrogens is 2. The largest absolute Gasteiger partial charge is 0.476 e. The Morgan fingerprint density at radius 2 is 2.21 bits per heavy atom. The number of nitrogens with zero attached hydrogens (tertiary/aromatic N) is 3. The van der Waals surface area contributed by atoms with Gasteiger partial charge in [0.1, 0.15) is 11.4 Å². The van der Waals surface area contributed by atoms with Gasteiger partial charge in [-0.2, -0.15) is 4.98 Å². The van der Waals surface area contributed by atoms with Crippen LogP contribution in [-0.2, 0) is 6.42 Å². The summed E-state index contributed by atoms with van der Waals surface area (Å²) in [5.74, 6) is 6.37. The van der Waals surface area contributed by atoms with Crippen LogP contribution >= 0.6 is 11.3 Å². The van der Waals surface area contributed by atoms with Gasteiger partial charge in [-0.15, -0.1) is 11.3 Å². The van der Waals surface area contributed by atoms with Crippen LogP contribution in [0.15, 0.2) is 6.07 Å². The fraction of sp³-hybridized carbons (Fsp3) is 0.500. The third-order valence-corrected chi connectivity index (χ3v) is 3.84. The van der Waals surface area contributed by atoms with Gasteiger partial charge in [0.25, 0.3) is 0 Å². The first-order valence-electron chi connectivity index (χ1n) is 6.18. The standard InChI is InChI=1S/C12H19N5OS/c1-4-8-7-9-10(18-6-5-17(2)3)14-12(16-13)15-11(9)19-8/h7H,4-6,13H2,1-3H3,(H,14,15,16). The zero-order valence-electron chi connectivity index (χ0n) is 11.4. The van der Waals surface area contributed by atoms with E-state index < -0.39 is 0 Å². The summed E-state index contributed by atoms with van der Waals surface area (Å²) < 4.78 is 5.75. The van der Waals surface area contributed by atoms with E-state index in [1.54, 1.807) is 11.3 Å². The van der Waals surface area contributed by atoms with Crippen molar-refractivity contribution in [3.63, 3.8) is 0 Å². The summed E-state index contributed by atoms with van der Waals surface area (Å²) in [6.07, 6.45) is 0.976. The number of nitrogen functional groups attached to an aromatic ring is 1. The summed E-state index contributed by atoms with van der Waals surface area (Å²) in [6.45, 7) is 3.54. The molecule has 0 atom stereocenters. The molecule has 2 aromatic heterocycles. The Kier molecular flexibility index (Phi) is 4.52. The lowest BCUT2D eigenvalue weighted by Crippen LogP contribution is -2.20. The first-order chi connectivity index (χ1) is 9.13. The maximum Gasteiger partial charge on any atom is 0.241 e. The minimum Gasteiger partial charge on any atom is -0.476 e. The van der Waals surface area contributed by atoms with Crippen molar-refractivity contribution in [3.05, 3.63) is 10.9 Å². The fourth-order valence-electron chi connectivity index (χ4n) is 1.62. The number of hydrazine groups is 1. The lowest BCUT2D eigenvalue weighted by atomic mass is 10.3. The molecule has 2 rings (SSSR count). The van der Waals surface area contributed by atoms with Gasteiger partial charge in [0.2, 0.25) is 11.8 Å². The van der Waals surface area contributed by atoms with E-state index in [1.165, 1.54) is 4.88 Å². The molecule has 104 valence electrons. The predicted octanol–water partition coefficient (Wildman–Crippen LogP) is 1.48. The highest BCUT2D eigenvalue weighted by atomic mass is 32.1. The highest BCUT2D eigenvalue weighted by Gasteiger charge is 2.12. The van der Waals surface area contributed by atoms with Crippen LogP contribution in [0, 0.1) is 0 Å². The second-order valence-electron chi connectivity index (χ2n) is 4.43. The fourth-order valence-corrected chi connectivity index (χ4v) is 2.58. The van der Waals surface area contributed by atoms with Crippen LogP contribution in [0.3, 0.4) is 0 Å². The minimum atomic E-state index is 0.386. The number of hydrogen-bond acceptors (Lipinski definition) is 7. The Labute approximate surface area is 116 Å². The van der Waals surface area contributed by atoms with Crippen LogP contribution in [0.4, 0.5) is 5.95 Å². The van der Waals surface area contributed by atoms with E-state index in [-0.39, 0.29) is 0 Å². The Hall–Kier alpha value is -1.44. The molecule has 6 nitrogen and oxygen atoms in total. The molecule has 0 radical (unpaired) electrons. The van der Waals surface area contributed by atoms with E-state index in [2.05, 4.69) is 33.3 Å². The first-order valence-corrected chi connectivity index (χ1v) is 7.00. The molecule has 0 saturated heterocycles. The van der Waals surface area contributed by atoms with Gasteiger partial charge in [-0.3, -0.25) is 5.43 Å². The van der Waals surface area contributed by atoms with E-state index in [0.717, 1.165) is 23.2 Å². The average Bonchev–Trinajstić information content (AvgIpc) is 2.81. The van der Waals surface area contributed by atoms with Crippen molar-refractivity contribution in [2.24, 2.45) is 5.84 Å². The molecular weight excluding hydrogens is 262 g/mol. The van der Waals surface area contributed by atoms with E-state index >= 15 is 0 Å². The molecule has 0 bridgehead atoms. The van der Waals surface area contributed by atoms with Crippen LogP contribution in [-0.4, -0.2) is 42.1 Å². The molecule has 3 N–H and O–H groups in total. The number of ether oxygens (including phenoxy) is 1. The van der Waals surface area contributed by atoms with Crippen LogP contribution < -0.4 is 16.0 Å². The van der Waals surface area contributed by atoms with Crippen molar-refractivity contribution in [1.82, 2.24) is 14.9 Å². The highest BCUT2D eigenvalue weighted by molar-refractivity contribution is 7.18. The van der Waals surface area contributed by atoms with E-state index in [9.17, 15) is 0 Å². The average molecular weight is 281 g/mol.